The average molecular weight is 453 g/mol. The number of nitrogens with one attached hydrogen (secondary N) is 1. The highest BCUT2D eigenvalue weighted by atomic mass is 32.1. The molecule has 0 saturated heterocycles. The molecule has 6 heteroatoms. The van der Waals surface area contributed by atoms with Gasteiger partial charge in [-0.05, 0) is 34.7 Å². The van der Waals surface area contributed by atoms with Crippen LogP contribution in [-0.4, -0.2) is 27.9 Å². The van der Waals surface area contributed by atoms with Gasteiger partial charge < -0.3 is 10.0 Å². The summed E-state index contributed by atoms with van der Waals surface area (Å²) in [6.45, 7) is 2.80. The fraction of sp³-hybridized carbons (Fsp3) is 0.385. The van der Waals surface area contributed by atoms with Gasteiger partial charge in [-0.15, -0.1) is 0 Å². The molecule has 1 amide bonds. The van der Waals surface area contributed by atoms with Crippen molar-refractivity contribution in [3.05, 3.63) is 74.2 Å². The summed E-state index contributed by atoms with van der Waals surface area (Å²) in [6, 6.07) is 16.4. The van der Waals surface area contributed by atoms with Gasteiger partial charge in [0.1, 0.15) is 0 Å². The van der Waals surface area contributed by atoms with Gasteiger partial charge in [-0.1, -0.05) is 86.4 Å². The number of H-pyrrole nitrogens is 1. The molecule has 0 aliphatic rings. The molecule has 0 bridgehead atoms. The second-order valence-electron chi connectivity index (χ2n) is 8.27. The Kier molecular flexibility index (Phi) is 8.68. The summed E-state index contributed by atoms with van der Waals surface area (Å²) in [5.74, 6) is 0.156. The van der Waals surface area contributed by atoms with E-state index in [2.05, 4.69) is 30.1 Å². The number of thiazole rings is 1. The van der Waals surface area contributed by atoms with Crippen LogP contribution in [0.15, 0.2) is 53.3 Å². The summed E-state index contributed by atoms with van der Waals surface area (Å²) < 4.78 is 0. The standard InChI is InChI=1S/C26H32N2O3S/c1-3-4-5-6-7-11-24(29)28(2)18-20-9-8-10-22(16-20)21-14-12-19(13-15-21)17-23-25(30)27-26(31)32-23/h8-10,12-16,30H,3-7,11,17-18H2,1-2H3,(H,27,31). The van der Waals surface area contributed by atoms with Crippen molar-refractivity contribution in [2.45, 2.75) is 58.4 Å². The highest BCUT2D eigenvalue weighted by molar-refractivity contribution is 7.09. The van der Waals surface area contributed by atoms with E-state index in [-0.39, 0.29) is 16.7 Å². The quantitative estimate of drug-likeness (QED) is 0.366. The third-order valence-corrected chi connectivity index (χ3v) is 6.49. The van der Waals surface area contributed by atoms with Crippen molar-refractivity contribution in [3.63, 3.8) is 0 Å². The molecule has 1 aromatic heterocycles. The number of hydrogen-bond acceptors (Lipinski definition) is 4. The van der Waals surface area contributed by atoms with E-state index in [9.17, 15) is 14.7 Å². The summed E-state index contributed by atoms with van der Waals surface area (Å²) in [5.41, 5.74) is 4.32. The number of hydrogen-bond donors (Lipinski definition) is 2. The molecule has 2 N–H and O–H groups in total. The number of rotatable bonds is 11. The summed E-state index contributed by atoms with van der Waals surface area (Å²) >= 11 is 1.03. The predicted octanol–water partition coefficient (Wildman–Crippen LogP) is 5.72. The Bertz CT molecular complexity index is 1070. The largest absolute Gasteiger partial charge is 0.494 e. The van der Waals surface area contributed by atoms with E-state index >= 15 is 0 Å². The van der Waals surface area contributed by atoms with Crippen LogP contribution in [0.4, 0.5) is 0 Å². The number of aromatic hydroxyl groups is 1. The minimum atomic E-state index is -0.245. The molecule has 0 aliphatic carbocycles. The Morgan fingerprint density at radius 3 is 2.44 bits per heavy atom. The van der Waals surface area contributed by atoms with Crippen LogP contribution >= 0.6 is 11.3 Å². The first-order valence-electron chi connectivity index (χ1n) is 11.3. The van der Waals surface area contributed by atoms with Crippen LogP contribution in [0.3, 0.4) is 0 Å². The summed E-state index contributed by atoms with van der Waals surface area (Å²) in [7, 11) is 1.88. The van der Waals surface area contributed by atoms with Crippen molar-refractivity contribution in [2.75, 3.05) is 7.05 Å². The average Bonchev–Trinajstić information content (AvgIpc) is 3.10. The Balaban J connectivity index is 1.58. The molecule has 0 fully saturated rings. The molecule has 0 spiro atoms. The van der Waals surface area contributed by atoms with Crippen molar-refractivity contribution >= 4 is 17.2 Å². The Hall–Kier alpha value is -2.86. The number of amides is 1. The van der Waals surface area contributed by atoms with E-state index < -0.39 is 0 Å². The topological polar surface area (TPSA) is 73.4 Å². The maximum Gasteiger partial charge on any atom is 0.307 e. The number of carbonyl (C=O) groups excluding carboxylic acids is 1. The monoisotopic (exact) mass is 452 g/mol. The number of aromatic amines is 1. The lowest BCUT2D eigenvalue weighted by Crippen LogP contribution is -2.25. The fourth-order valence-electron chi connectivity index (χ4n) is 3.75. The van der Waals surface area contributed by atoms with E-state index in [1.807, 2.05) is 42.3 Å². The lowest BCUT2D eigenvalue weighted by molar-refractivity contribution is -0.130. The zero-order chi connectivity index (χ0) is 22.9. The van der Waals surface area contributed by atoms with Crippen LogP contribution in [0, 0.1) is 0 Å². The first-order valence-corrected chi connectivity index (χ1v) is 12.1. The smallest absolute Gasteiger partial charge is 0.307 e. The van der Waals surface area contributed by atoms with Gasteiger partial charge in [0.15, 0.2) is 0 Å². The van der Waals surface area contributed by atoms with Crippen LogP contribution in [0.1, 0.15) is 61.5 Å². The van der Waals surface area contributed by atoms with Gasteiger partial charge in [0.05, 0.1) is 4.88 Å². The fourth-order valence-corrected chi connectivity index (χ4v) is 4.51. The molecule has 3 aromatic rings. The molecular weight excluding hydrogens is 420 g/mol. The first-order chi connectivity index (χ1) is 15.5. The Morgan fingerprint density at radius 2 is 1.75 bits per heavy atom. The number of benzene rings is 2. The second kappa shape index (κ2) is 11.7. The molecule has 3 rings (SSSR count). The number of aromatic nitrogens is 1. The van der Waals surface area contributed by atoms with Crippen LogP contribution in [0.25, 0.3) is 11.1 Å². The zero-order valence-corrected chi connectivity index (χ0v) is 19.7. The SMILES string of the molecule is CCCCCCCC(=O)N(C)Cc1cccc(-c2ccc(Cc3sc(=O)[nH]c3O)cc2)c1. The Morgan fingerprint density at radius 1 is 1.00 bits per heavy atom. The normalized spacial score (nSPS) is 10.9. The minimum Gasteiger partial charge on any atom is -0.494 e. The molecule has 0 atom stereocenters. The van der Waals surface area contributed by atoms with Crippen molar-refractivity contribution in [2.24, 2.45) is 0 Å². The molecule has 0 radical (unpaired) electrons. The highest BCUT2D eigenvalue weighted by Crippen LogP contribution is 2.25. The van der Waals surface area contributed by atoms with E-state index in [0.29, 0.717) is 24.3 Å². The van der Waals surface area contributed by atoms with Gasteiger partial charge in [-0.25, -0.2) is 0 Å². The van der Waals surface area contributed by atoms with Gasteiger partial charge in [0.2, 0.25) is 11.8 Å². The molecule has 1 heterocycles. The van der Waals surface area contributed by atoms with E-state index in [1.165, 1.54) is 19.3 Å². The molecule has 2 aromatic carbocycles. The van der Waals surface area contributed by atoms with E-state index in [4.69, 9.17) is 0 Å². The maximum absolute atomic E-state index is 12.4. The van der Waals surface area contributed by atoms with Crippen LogP contribution < -0.4 is 4.87 Å². The Labute approximate surface area is 193 Å². The maximum atomic E-state index is 12.4. The highest BCUT2D eigenvalue weighted by Gasteiger charge is 2.10. The molecule has 0 saturated carbocycles. The zero-order valence-electron chi connectivity index (χ0n) is 18.9. The van der Waals surface area contributed by atoms with Gasteiger partial charge in [-0.3, -0.25) is 14.6 Å². The predicted molar refractivity (Wildman–Crippen MR) is 131 cm³/mol. The molecule has 0 unspecified atom stereocenters. The summed E-state index contributed by atoms with van der Waals surface area (Å²) in [5, 5.41) is 9.78. The van der Waals surface area contributed by atoms with Gasteiger partial charge in [-0.2, -0.15) is 0 Å². The second-order valence-corrected chi connectivity index (χ2v) is 9.34. The first kappa shape index (κ1) is 23.8. The van der Waals surface area contributed by atoms with E-state index in [1.54, 1.807) is 0 Å². The molecule has 0 aliphatic heterocycles. The van der Waals surface area contributed by atoms with Crippen LogP contribution in [-0.2, 0) is 17.8 Å². The lowest BCUT2D eigenvalue weighted by Gasteiger charge is -2.18. The number of carbonyl (C=O) groups is 1. The molecule has 5 nitrogen and oxygen atoms in total. The van der Waals surface area contributed by atoms with Crippen LogP contribution in [0.2, 0.25) is 0 Å². The van der Waals surface area contributed by atoms with Gasteiger partial charge >= 0.3 is 4.87 Å². The number of nitrogens with zero attached hydrogens (tertiary/aromatic N) is 1. The van der Waals surface area contributed by atoms with Crippen molar-refractivity contribution in [1.29, 1.82) is 0 Å². The van der Waals surface area contributed by atoms with Crippen molar-refractivity contribution < 1.29 is 9.90 Å². The van der Waals surface area contributed by atoms with Gasteiger partial charge in [0, 0.05) is 26.4 Å². The molecule has 32 heavy (non-hydrogen) atoms. The number of unbranched alkanes of at least 4 members (excludes halogenated alkanes) is 4. The van der Waals surface area contributed by atoms with Gasteiger partial charge in [0.25, 0.3) is 0 Å². The molecular formula is C26H32N2O3S. The van der Waals surface area contributed by atoms with Crippen molar-refractivity contribution in [3.8, 4) is 17.0 Å². The van der Waals surface area contributed by atoms with E-state index in [0.717, 1.165) is 46.4 Å². The molecule has 170 valence electrons. The lowest BCUT2D eigenvalue weighted by atomic mass is 10.0. The third kappa shape index (κ3) is 6.82. The summed E-state index contributed by atoms with van der Waals surface area (Å²) in [6.07, 6.45) is 6.89. The van der Waals surface area contributed by atoms with Crippen molar-refractivity contribution in [1.82, 2.24) is 9.88 Å². The third-order valence-electron chi connectivity index (χ3n) is 5.62. The van der Waals surface area contributed by atoms with Crippen LogP contribution in [0.5, 0.6) is 5.88 Å². The minimum absolute atomic E-state index is 0.0450. The summed E-state index contributed by atoms with van der Waals surface area (Å²) in [4.78, 5) is 28.4.